The summed E-state index contributed by atoms with van der Waals surface area (Å²) in [5.74, 6) is -1.09. The van der Waals surface area contributed by atoms with Crippen LogP contribution in [0.2, 0.25) is 0 Å². The van der Waals surface area contributed by atoms with Gasteiger partial charge in [-0.05, 0) is 18.4 Å². The molecule has 2 N–H and O–H groups in total. The number of carbonyl (C=O) groups excluding carboxylic acids is 3. The average molecular weight is 294 g/mol. The van der Waals surface area contributed by atoms with Crippen LogP contribution in [0.3, 0.4) is 0 Å². The van der Waals surface area contributed by atoms with Gasteiger partial charge in [0.05, 0.1) is 12.0 Å². The first-order valence-corrected chi connectivity index (χ1v) is 7.25. The van der Waals surface area contributed by atoms with Crippen molar-refractivity contribution in [2.24, 2.45) is 0 Å². The maximum atomic E-state index is 12.2. The Morgan fingerprint density at radius 2 is 2.05 bits per heavy atom. The second kappa shape index (κ2) is 5.01. The minimum atomic E-state index is -0.757. The third kappa shape index (κ3) is 2.90. The van der Waals surface area contributed by atoms with Gasteiger partial charge in [0, 0.05) is 9.75 Å². The van der Waals surface area contributed by atoms with Crippen molar-refractivity contribution in [1.29, 1.82) is 0 Å². The first-order chi connectivity index (χ1) is 9.18. The smallest absolute Gasteiger partial charge is 0.253 e. The molecule has 5 nitrogen and oxygen atoms in total. The number of rotatable bonds is 2. The molecule has 1 aromatic heterocycles. The third-order valence-electron chi connectivity index (χ3n) is 3.18. The molecule has 3 amide bonds. The lowest BCUT2D eigenvalue weighted by Gasteiger charge is -2.15. The molecular formula is C14H18N2O3S. The summed E-state index contributed by atoms with van der Waals surface area (Å²) in [7, 11) is 0. The van der Waals surface area contributed by atoms with Crippen LogP contribution >= 0.6 is 11.3 Å². The quantitative estimate of drug-likeness (QED) is 0.812. The predicted molar refractivity (Wildman–Crippen MR) is 76.8 cm³/mol. The lowest BCUT2D eigenvalue weighted by atomic mass is 9.94. The van der Waals surface area contributed by atoms with E-state index < -0.39 is 11.9 Å². The molecule has 1 aliphatic heterocycles. The summed E-state index contributed by atoms with van der Waals surface area (Å²) in [6.45, 7) is 8.14. The van der Waals surface area contributed by atoms with Gasteiger partial charge in [0.15, 0.2) is 0 Å². The molecule has 0 saturated carbocycles. The van der Waals surface area contributed by atoms with E-state index >= 15 is 0 Å². The van der Waals surface area contributed by atoms with E-state index in [4.69, 9.17) is 0 Å². The van der Waals surface area contributed by atoms with Crippen LogP contribution in [0.25, 0.3) is 0 Å². The molecular weight excluding hydrogens is 276 g/mol. The highest BCUT2D eigenvalue weighted by molar-refractivity contribution is 7.12. The Labute approximate surface area is 121 Å². The van der Waals surface area contributed by atoms with E-state index in [-0.39, 0.29) is 23.7 Å². The Bertz CT molecular complexity index is 584. The molecule has 0 aromatic carbocycles. The molecule has 1 aliphatic rings. The summed E-state index contributed by atoms with van der Waals surface area (Å²) in [6.07, 6.45) is 0.0138. The number of amides is 3. The molecule has 2 heterocycles. The Balaban J connectivity index is 2.16. The molecule has 0 bridgehead atoms. The third-order valence-corrected chi connectivity index (χ3v) is 4.65. The SMILES string of the molecule is Cc1sc(C(C)(C)C)cc1C(=O)NC1CC(=O)NC1=O. The topological polar surface area (TPSA) is 75.3 Å². The zero-order valence-electron chi connectivity index (χ0n) is 12.0. The second-order valence-corrected chi connectivity index (χ2v) is 7.23. The summed E-state index contributed by atoms with van der Waals surface area (Å²) < 4.78 is 0. The minimum absolute atomic E-state index is 0.0138. The summed E-state index contributed by atoms with van der Waals surface area (Å²) in [5, 5.41) is 4.79. The lowest BCUT2D eigenvalue weighted by Crippen LogP contribution is -2.40. The van der Waals surface area contributed by atoms with E-state index in [0.29, 0.717) is 5.56 Å². The molecule has 1 fully saturated rings. The highest BCUT2D eigenvalue weighted by Crippen LogP contribution is 2.32. The van der Waals surface area contributed by atoms with E-state index in [1.807, 2.05) is 13.0 Å². The summed E-state index contributed by atoms with van der Waals surface area (Å²) in [6, 6.07) is 1.11. The van der Waals surface area contributed by atoms with Gasteiger partial charge in [0.1, 0.15) is 6.04 Å². The first-order valence-electron chi connectivity index (χ1n) is 6.44. The van der Waals surface area contributed by atoms with Gasteiger partial charge in [-0.2, -0.15) is 0 Å². The Morgan fingerprint density at radius 3 is 2.50 bits per heavy atom. The summed E-state index contributed by atoms with van der Waals surface area (Å²) in [4.78, 5) is 36.8. The molecule has 0 radical (unpaired) electrons. The van der Waals surface area contributed by atoms with Gasteiger partial charge in [-0.3, -0.25) is 19.7 Å². The van der Waals surface area contributed by atoms with Crippen LogP contribution in [0.5, 0.6) is 0 Å². The number of carbonyl (C=O) groups is 3. The molecule has 108 valence electrons. The minimum Gasteiger partial charge on any atom is -0.340 e. The first kappa shape index (κ1) is 14.7. The van der Waals surface area contributed by atoms with Gasteiger partial charge in [0.2, 0.25) is 11.8 Å². The van der Waals surface area contributed by atoms with Crippen LogP contribution in [0.1, 0.15) is 47.3 Å². The van der Waals surface area contributed by atoms with Crippen LogP contribution in [0.4, 0.5) is 0 Å². The molecule has 20 heavy (non-hydrogen) atoms. The van der Waals surface area contributed by atoms with Crippen molar-refractivity contribution in [3.63, 3.8) is 0 Å². The van der Waals surface area contributed by atoms with Crippen molar-refractivity contribution in [2.75, 3.05) is 0 Å². The summed E-state index contributed by atoms with van der Waals surface area (Å²) >= 11 is 1.58. The fourth-order valence-electron chi connectivity index (χ4n) is 1.98. The number of aryl methyl sites for hydroxylation is 1. The van der Waals surface area contributed by atoms with Gasteiger partial charge < -0.3 is 5.32 Å². The second-order valence-electron chi connectivity index (χ2n) is 5.97. The zero-order chi connectivity index (χ0) is 15.1. The normalized spacial score (nSPS) is 19.1. The largest absolute Gasteiger partial charge is 0.340 e. The van der Waals surface area contributed by atoms with Crippen molar-refractivity contribution in [3.8, 4) is 0 Å². The van der Waals surface area contributed by atoms with Gasteiger partial charge in [0.25, 0.3) is 5.91 Å². The molecule has 1 unspecified atom stereocenters. The predicted octanol–water partition coefficient (Wildman–Crippen LogP) is 1.50. The molecule has 1 aromatic rings. The summed E-state index contributed by atoms with van der Waals surface area (Å²) in [5.41, 5.74) is 0.557. The standard InChI is InChI=1S/C14H18N2O3S/c1-7-8(5-10(20-7)14(2,3)4)12(18)15-9-6-11(17)16-13(9)19/h5,9H,6H2,1-4H3,(H,15,18)(H,16,17,19). The molecule has 0 aliphatic carbocycles. The monoisotopic (exact) mass is 294 g/mol. The van der Waals surface area contributed by atoms with Crippen molar-refractivity contribution in [1.82, 2.24) is 10.6 Å². The number of nitrogens with one attached hydrogen (secondary N) is 2. The molecule has 2 rings (SSSR count). The van der Waals surface area contributed by atoms with Crippen LogP contribution in [0.15, 0.2) is 6.07 Å². The highest BCUT2D eigenvalue weighted by atomic mass is 32.1. The van der Waals surface area contributed by atoms with Gasteiger partial charge >= 0.3 is 0 Å². The fourth-order valence-corrected chi connectivity index (χ4v) is 3.06. The number of hydrogen-bond acceptors (Lipinski definition) is 4. The van der Waals surface area contributed by atoms with Crippen molar-refractivity contribution < 1.29 is 14.4 Å². The number of hydrogen-bond donors (Lipinski definition) is 2. The van der Waals surface area contributed by atoms with Gasteiger partial charge in [-0.25, -0.2) is 0 Å². The fraction of sp³-hybridized carbons (Fsp3) is 0.500. The lowest BCUT2D eigenvalue weighted by molar-refractivity contribution is -0.125. The molecule has 1 atom stereocenters. The van der Waals surface area contributed by atoms with Crippen LogP contribution in [0, 0.1) is 6.92 Å². The van der Waals surface area contributed by atoms with Crippen LogP contribution < -0.4 is 10.6 Å². The van der Waals surface area contributed by atoms with Crippen molar-refractivity contribution in [3.05, 3.63) is 21.4 Å². The van der Waals surface area contributed by atoms with E-state index in [0.717, 1.165) is 9.75 Å². The maximum Gasteiger partial charge on any atom is 0.253 e. The number of imide groups is 1. The van der Waals surface area contributed by atoms with E-state index in [2.05, 4.69) is 31.4 Å². The molecule has 0 spiro atoms. The maximum absolute atomic E-state index is 12.2. The van der Waals surface area contributed by atoms with Crippen molar-refractivity contribution >= 4 is 29.1 Å². The Kier molecular flexibility index (Phi) is 3.69. The van der Waals surface area contributed by atoms with E-state index in [9.17, 15) is 14.4 Å². The van der Waals surface area contributed by atoms with Crippen molar-refractivity contribution in [2.45, 2.75) is 45.6 Å². The van der Waals surface area contributed by atoms with E-state index in [1.54, 1.807) is 11.3 Å². The highest BCUT2D eigenvalue weighted by Gasteiger charge is 2.32. The number of thiophene rings is 1. The van der Waals surface area contributed by atoms with Crippen LogP contribution in [-0.4, -0.2) is 23.8 Å². The molecule has 1 saturated heterocycles. The molecule has 6 heteroatoms. The van der Waals surface area contributed by atoms with Crippen LogP contribution in [-0.2, 0) is 15.0 Å². The van der Waals surface area contributed by atoms with Gasteiger partial charge in [-0.15, -0.1) is 11.3 Å². The zero-order valence-corrected chi connectivity index (χ0v) is 12.8. The average Bonchev–Trinajstić information content (AvgIpc) is 2.82. The van der Waals surface area contributed by atoms with Gasteiger partial charge in [-0.1, -0.05) is 20.8 Å². The van der Waals surface area contributed by atoms with E-state index in [1.165, 1.54) is 0 Å². The Morgan fingerprint density at radius 1 is 1.40 bits per heavy atom. The Hall–Kier alpha value is -1.69.